The summed E-state index contributed by atoms with van der Waals surface area (Å²) in [6, 6.07) is 4.56. The maximum absolute atomic E-state index is 12.1. The first-order valence-electron chi connectivity index (χ1n) is 6.60. The van der Waals surface area contributed by atoms with Crippen molar-refractivity contribution < 1.29 is 14.4 Å². The molecule has 0 spiro atoms. The summed E-state index contributed by atoms with van der Waals surface area (Å²) in [7, 11) is 0. The second kappa shape index (κ2) is 5.33. The molecule has 2 aliphatic heterocycles. The van der Waals surface area contributed by atoms with Gasteiger partial charge in [0, 0.05) is 17.9 Å². The number of hydrogen-bond donors (Lipinski definition) is 1. The number of nitrogens with one attached hydrogen (secondary N) is 1. The molecular formula is C14H13N3O3S. The van der Waals surface area contributed by atoms with E-state index in [0.29, 0.717) is 29.4 Å². The SMILES string of the molecule is CCN1C(=O)c2ccc(C(=O)NC3=NCCS3)cc2C1=O. The Balaban J connectivity index is 1.87. The highest BCUT2D eigenvalue weighted by atomic mass is 32.2. The van der Waals surface area contributed by atoms with E-state index >= 15 is 0 Å². The zero-order valence-electron chi connectivity index (χ0n) is 11.4. The van der Waals surface area contributed by atoms with Crippen LogP contribution in [0.15, 0.2) is 23.2 Å². The van der Waals surface area contributed by atoms with Gasteiger partial charge in [0.2, 0.25) is 0 Å². The van der Waals surface area contributed by atoms with Gasteiger partial charge in [0.15, 0.2) is 5.17 Å². The Hall–Kier alpha value is -2.15. The van der Waals surface area contributed by atoms with Gasteiger partial charge in [-0.15, -0.1) is 0 Å². The molecule has 0 saturated carbocycles. The predicted octanol–water partition coefficient (Wildman–Crippen LogP) is 1.14. The minimum atomic E-state index is -0.347. The number of thioether (sulfide) groups is 1. The fraction of sp³-hybridized carbons (Fsp3) is 0.286. The van der Waals surface area contributed by atoms with Crippen LogP contribution in [0.2, 0.25) is 0 Å². The molecule has 0 saturated heterocycles. The van der Waals surface area contributed by atoms with Crippen molar-refractivity contribution in [3.63, 3.8) is 0 Å². The number of hydrogen-bond acceptors (Lipinski definition) is 5. The molecule has 21 heavy (non-hydrogen) atoms. The van der Waals surface area contributed by atoms with E-state index in [2.05, 4.69) is 10.3 Å². The van der Waals surface area contributed by atoms with Gasteiger partial charge in [-0.05, 0) is 25.1 Å². The number of aliphatic imine (C=N–C) groups is 1. The van der Waals surface area contributed by atoms with Crippen LogP contribution in [0.4, 0.5) is 0 Å². The topological polar surface area (TPSA) is 78.8 Å². The van der Waals surface area contributed by atoms with Gasteiger partial charge in [0.1, 0.15) is 0 Å². The van der Waals surface area contributed by atoms with Crippen LogP contribution in [-0.4, -0.2) is 46.6 Å². The van der Waals surface area contributed by atoms with E-state index in [0.717, 1.165) is 5.75 Å². The number of nitrogens with zero attached hydrogens (tertiary/aromatic N) is 2. The molecule has 0 radical (unpaired) electrons. The van der Waals surface area contributed by atoms with Gasteiger partial charge in [-0.1, -0.05) is 11.8 Å². The first kappa shape index (κ1) is 13.8. The number of rotatable bonds is 2. The Morgan fingerprint density at radius 1 is 1.33 bits per heavy atom. The molecule has 2 heterocycles. The van der Waals surface area contributed by atoms with Gasteiger partial charge in [-0.3, -0.25) is 24.3 Å². The van der Waals surface area contributed by atoms with E-state index < -0.39 is 0 Å². The molecule has 7 heteroatoms. The second-order valence-corrected chi connectivity index (χ2v) is 5.69. The van der Waals surface area contributed by atoms with E-state index in [1.165, 1.54) is 28.8 Å². The van der Waals surface area contributed by atoms with E-state index in [9.17, 15) is 14.4 Å². The maximum atomic E-state index is 12.1. The number of amides is 3. The molecule has 0 aliphatic carbocycles. The summed E-state index contributed by atoms with van der Waals surface area (Å²) in [5.74, 6) is -0.112. The third-order valence-electron chi connectivity index (χ3n) is 3.36. The standard InChI is InChI=1S/C14H13N3O3S/c1-2-17-12(19)9-4-3-8(7-10(9)13(17)20)11(18)16-14-15-5-6-21-14/h3-4,7H,2,5-6H2,1H3,(H,15,16,18). The highest BCUT2D eigenvalue weighted by Gasteiger charge is 2.34. The molecule has 3 rings (SSSR count). The molecule has 108 valence electrons. The summed E-state index contributed by atoms with van der Waals surface area (Å²) in [6.45, 7) is 2.76. The third kappa shape index (κ3) is 2.33. The van der Waals surface area contributed by atoms with Crippen molar-refractivity contribution in [1.29, 1.82) is 0 Å². The smallest absolute Gasteiger partial charge is 0.261 e. The minimum absolute atomic E-state index is 0.288. The van der Waals surface area contributed by atoms with Crippen LogP contribution < -0.4 is 5.32 Å². The Morgan fingerprint density at radius 2 is 2.10 bits per heavy atom. The van der Waals surface area contributed by atoms with Crippen molar-refractivity contribution in [3.8, 4) is 0 Å². The zero-order valence-corrected chi connectivity index (χ0v) is 12.2. The van der Waals surface area contributed by atoms with Crippen molar-refractivity contribution >= 4 is 34.7 Å². The lowest BCUT2D eigenvalue weighted by atomic mass is 10.1. The van der Waals surface area contributed by atoms with Crippen molar-refractivity contribution in [3.05, 3.63) is 34.9 Å². The lowest BCUT2D eigenvalue weighted by Gasteiger charge is -2.08. The molecule has 0 unspecified atom stereocenters. The molecule has 1 aromatic rings. The first-order chi connectivity index (χ1) is 10.1. The highest BCUT2D eigenvalue weighted by Crippen LogP contribution is 2.24. The van der Waals surface area contributed by atoms with Gasteiger partial charge >= 0.3 is 0 Å². The van der Waals surface area contributed by atoms with Gasteiger partial charge in [0.05, 0.1) is 17.7 Å². The number of imide groups is 1. The molecule has 1 aromatic carbocycles. The highest BCUT2D eigenvalue weighted by molar-refractivity contribution is 8.14. The van der Waals surface area contributed by atoms with Crippen LogP contribution in [-0.2, 0) is 0 Å². The predicted molar refractivity (Wildman–Crippen MR) is 79.7 cm³/mol. The fourth-order valence-corrected chi connectivity index (χ4v) is 3.02. The summed E-state index contributed by atoms with van der Waals surface area (Å²) in [4.78, 5) is 41.5. The van der Waals surface area contributed by atoms with Crippen molar-refractivity contribution in [2.75, 3.05) is 18.8 Å². The summed E-state index contributed by atoms with van der Waals surface area (Å²) >= 11 is 1.48. The second-order valence-electron chi connectivity index (χ2n) is 4.60. The Kier molecular flexibility index (Phi) is 3.50. The van der Waals surface area contributed by atoms with Crippen LogP contribution in [0, 0.1) is 0 Å². The van der Waals surface area contributed by atoms with Crippen LogP contribution in [0.1, 0.15) is 38.0 Å². The molecule has 6 nitrogen and oxygen atoms in total. The van der Waals surface area contributed by atoms with Gasteiger partial charge in [-0.2, -0.15) is 0 Å². The largest absolute Gasteiger partial charge is 0.301 e. The van der Waals surface area contributed by atoms with Crippen molar-refractivity contribution in [2.24, 2.45) is 4.99 Å². The molecule has 0 bridgehead atoms. The lowest BCUT2D eigenvalue weighted by molar-refractivity contribution is 0.0662. The average Bonchev–Trinajstić information content (AvgIpc) is 3.07. The summed E-state index contributed by atoms with van der Waals surface area (Å²) < 4.78 is 0. The van der Waals surface area contributed by atoms with Crippen molar-refractivity contribution in [2.45, 2.75) is 6.92 Å². The average molecular weight is 303 g/mol. The quantitative estimate of drug-likeness (QED) is 0.831. The molecule has 0 aromatic heterocycles. The summed E-state index contributed by atoms with van der Waals surface area (Å²) in [5, 5.41) is 3.30. The van der Waals surface area contributed by atoms with Crippen LogP contribution in [0.3, 0.4) is 0 Å². The number of benzene rings is 1. The summed E-state index contributed by atoms with van der Waals surface area (Å²) in [5.41, 5.74) is 0.990. The molecule has 0 atom stereocenters. The summed E-state index contributed by atoms with van der Waals surface area (Å²) in [6.07, 6.45) is 0. The van der Waals surface area contributed by atoms with E-state index in [1.807, 2.05) is 0 Å². The number of amidine groups is 1. The fourth-order valence-electron chi connectivity index (χ4n) is 2.30. The van der Waals surface area contributed by atoms with Gasteiger partial charge in [-0.25, -0.2) is 0 Å². The van der Waals surface area contributed by atoms with Gasteiger partial charge < -0.3 is 5.32 Å². The lowest BCUT2D eigenvalue weighted by Crippen LogP contribution is -2.29. The van der Waals surface area contributed by atoms with E-state index in [1.54, 1.807) is 13.0 Å². The molecule has 2 aliphatic rings. The van der Waals surface area contributed by atoms with E-state index in [-0.39, 0.29) is 23.3 Å². The molecule has 0 fully saturated rings. The monoisotopic (exact) mass is 303 g/mol. The molecular weight excluding hydrogens is 290 g/mol. The minimum Gasteiger partial charge on any atom is -0.301 e. The number of carbonyl (C=O) groups excluding carboxylic acids is 3. The maximum Gasteiger partial charge on any atom is 0.261 e. The Bertz CT molecular complexity index is 684. The Morgan fingerprint density at radius 3 is 2.76 bits per heavy atom. The van der Waals surface area contributed by atoms with Crippen molar-refractivity contribution in [1.82, 2.24) is 10.2 Å². The zero-order chi connectivity index (χ0) is 15.0. The first-order valence-corrected chi connectivity index (χ1v) is 7.59. The van der Waals surface area contributed by atoms with Crippen LogP contribution in [0.25, 0.3) is 0 Å². The van der Waals surface area contributed by atoms with Crippen LogP contribution in [0.5, 0.6) is 0 Å². The van der Waals surface area contributed by atoms with Gasteiger partial charge in [0.25, 0.3) is 17.7 Å². The Labute approximate surface area is 125 Å². The molecule has 3 amide bonds. The van der Waals surface area contributed by atoms with Crippen LogP contribution >= 0.6 is 11.8 Å². The number of carbonyl (C=O) groups is 3. The third-order valence-corrected chi connectivity index (χ3v) is 4.25. The normalized spacial score (nSPS) is 17.0. The number of fused-ring (bicyclic) bond motifs is 1. The molecule has 1 N–H and O–H groups in total. The van der Waals surface area contributed by atoms with E-state index in [4.69, 9.17) is 0 Å².